The van der Waals surface area contributed by atoms with Gasteiger partial charge >= 0.3 is 5.97 Å². The van der Waals surface area contributed by atoms with Crippen LogP contribution in [0.15, 0.2) is 47.4 Å². The number of esters is 1. The SMILES string of the molecule is COC(=O)c1ccc(OCC(=O)Nc2ccc(C)c(S(=O)(=O)N(C)C)c2)cc1. The first-order valence-corrected chi connectivity index (χ1v) is 9.73. The number of hydrogen-bond donors (Lipinski definition) is 1. The molecule has 0 saturated carbocycles. The Morgan fingerprint density at radius 3 is 2.29 bits per heavy atom. The van der Waals surface area contributed by atoms with Crippen LogP contribution in [0.25, 0.3) is 0 Å². The van der Waals surface area contributed by atoms with Gasteiger partial charge in [0, 0.05) is 19.8 Å². The number of rotatable bonds is 7. The number of anilines is 1. The van der Waals surface area contributed by atoms with Crippen molar-refractivity contribution < 1.29 is 27.5 Å². The number of nitrogens with one attached hydrogen (secondary N) is 1. The number of benzene rings is 2. The van der Waals surface area contributed by atoms with Crippen LogP contribution in [0.5, 0.6) is 5.75 Å². The Labute approximate surface area is 164 Å². The molecule has 0 aliphatic rings. The fourth-order valence-corrected chi connectivity index (χ4v) is 3.45. The normalized spacial score (nSPS) is 11.2. The summed E-state index contributed by atoms with van der Waals surface area (Å²) in [6.45, 7) is 1.41. The van der Waals surface area contributed by atoms with Crippen molar-refractivity contribution >= 4 is 27.6 Å². The Morgan fingerprint density at radius 2 is 1.71 bits per heavy atom. The summed E-state index contributed by atoms with van der Waals surface area (Å²) in [4.78, 5) is 23.6. The van der Waals surface area contributed by atoms with Gasteiger partial charge in [-0.15, -0.1) is 0 Å². The van der Waals surface area contributed by atoms with Gasteiger partial charge < -0.3 is 14.8 Å². The highest BCUT2D eigenvalue weighted by atomic mass is 32.2. The summed E-state index contributed by atoms with van der Waals surface area (Å²) in [5.74, 6) is -0.510. The van der Waals surface area contributed by atoms with Crippen molar-refractivity contribution in [2.24, 2.45) is 0 Å². The van der Waals surface area contributed by atoms with Gasteiger partial charge in [0.2, 0.25) is 10.0 Å². The number of amides is 1. The van der Waals surface area contributed by atoms with Crippen LogP contribution in [0.2, 0.25) is 0 Å². The molecule has 0 fully saturated rings. The first-order chi connectivity index (χ1) is 13.1. The lowest BCUT2D eigenvalue weighted by Crippen LogP contribution is -2.24. The fraction of sp³-hybridized carbons (Fsp3) is 0.263. The second-order valence-corrected chi connectivity index (χ2v) is 8.24. The van der Waals surface area contributed by atoms with Gasteiger partial charge in [0.1, 0.15) is 5.75 Å². The molecule has 2 aromatic carbocycles. The minimum atomic E-state index is -3.62. The van der Waals surface area contributed by atoms with Crippen LogP contribution in [0.4, 0.5) is 5.69 Å². The molecule has 150 valence electrons. The maximum atomic E-state index is 12.4. The van der Waals surface area contributed by atoms with Gasteiger partial charge in [-0.25, -0.2) is 17.5 Å². The quantitative estimate of drug-likeness (QED) is 0.706. The number of sulfonamides is 1. The van der Waals surface area contributed by atoms with Gasteiger partial charge in [0.25, 0.3) is 5.91 Å². The first-order valence-electron chi connectivity index (χ1n) is 8.29. The summed E-state index contributed by atoms with van der Waals surface area (Å²) in [5, 5.41) is 2.61. The fourth-order valence-electron chi connectivity index (χ4n) is 2.30. The summed E-state index contributed by atoms with van der Waals surface area (Å²) in [6, 6.07) is 10.8. The highest BCUT2D eigenvalue weighted by Crippen LogP contribution is 2.22. The molecular weight excluding hydrogens is 384 g/mol. The van der Waals surface area contributed by atoms with Gasteiger partial charge in [-0.1, -0.05) is 6.07 Å². The molecule has 9 heteroatoms. The van der Waals surface area contributed by atoms with Crippen molar-refractivity contribution in [2.45, 2.75) is 11.8 Å². The third kappa shape index (κ3) is 5.08. The number of hydrogen-bond acceptors (Lipinski definition) is 6. The average Bonchev–Trinajstić information content (AvgIpc) is 2.67. The lowest BCUT2D eigenvalue weighted by atomic mass is 10.2. The third-order valence-electron chi connectivity index (χ3n) is 3.88. The molecular formula is C19H22N2O6S. The molecule has 0 bridgehead atoms. The van der Waals surface area contributed by atoms with Crippen LogP contribution in [0.3, 0.4) is 0 Å². The number of carbonyl (C=O) groups excluding carboxylic acids is 2. The standard InChI is InChI=1S/C19H22N2O6S/c1-13-5-8-15(11-17(13)28(24,25)21(2)3)20-18(22)12-27-16-9-6-14(7-10-16)19(23)26-4/h5-11H,12H2,1-4H3,(H,20,22). The summed E-state index contributed by atoms with van der Waals surface area (Å²) >= 11 is 0. The monoisotopic (exact) mass is 406 g/mol. The zero-order chi connectivity index (χ0) is 20.9. The molecule has 0 aliphatic carbocycles. The van der Waals surface area contributed by atoms with Crippen LogP contribution in [-0.4, -0.2) is 52.4 Å². The van der Waals surface area contributed by atoms with E-state index in [1.165, 1.54) is 39.4 Å². The van der Waals surface area contributed by atoms with E-state index in [9.17, 15) is 18.0 Å². The highest BCUT2D eigenvalue weighted by molar-refractivity contribution is 7.89. The average molecular weight is 406 g/mol. The predicted molar refractivity (Wildman–Crippen MR) is 104 cm³/mol. The van der Waals surface area contributed by atoms with E-state index in [-0.39, 0.29) is 11.5 Å². The lowest BCUT2D eigenvalue weighted by molar-refractivity contribution is -0.118. The minimum absolute atomic E-state index is 0.120. The van der Waals surface area contributed by atoms with Crippen molar-refractivity contribution in [1.82, 2.24) is 4.31 Å². The smallest absolute Gasteiger partial charge is 0.337 e. The number of methoxy groups -OCH3 is 1. The van der Waals surface area contributed by atoms with E-state index in [1.807, 2.05) is 0 Å². The van der Waals surface area contributed by atoms with Crippen LogP contribution in [0.1, 0.15) is 15.9 Å². The zero-order valence-corrected chi connectivity index (χ0v) is 16.9. The van der Waals surface area contributed by atoms with E-state index in [0.29, 0.717) is 22.6 Å². The van der Waals surface area contributed by atoms with Gasteiger partial charge in [-0.3, -0.25) is 4.79 Å². The maximum Gasteiger partial charge on any atom is 0.337 e. The minimum Gasteiger partial charge on any atom is -0.484 e. The molecule has 0 unspecified atom stereocenters. The van der Waals surface area contributed by atoms with Gasteiger partial charge in [0.05, 0.1) is 17.6 Å². The summed E-state index contributed by atoms with van der Waals surface area (Å²) in [5.41, 5.74) is 1.29. The predicted octanol–water partition coefficient (Wildman–Crippen LogP) is 2.05. The maximum absolute atomic E-state index is 12.4. The molecule has 0 heterocycles. The Bertz CT molecular complexity index is 968. The summed E-state index contributed by atoms with van der Waals surface area (Å²) in [6.07, 6.45) is 0. The zero-order valence-electron chi connectivity index (χ0n) is 16.1. The second-order valence-electron chi connectivity index (χ2n) is 6.12. The van der Waals surface area contributed by atoms with Gasteiger partial charge in [-0.2, -0.15) is 0 Å². The Kier molecular flexibility index (Phi) is 6.76. The molecule has 8 nitrogen and oxygen atoms in total. The molecule has 0 spiro atoms. The van der Waals surface area contributed by atoms with Crippen molar-refractivity contribution in [2.75, 3.05) is 33.1 Å². The number of ether oxygens (including phenoxy) is 2. The van der Waals surface area contributed by atoms with Gasteiger partial charge in [-0.05, 0) is 48.9 Å². The first kappa shape index (κ1) is 21.4. The summed E-state index contributed by atoms with van der Waals surface area (Å²) in [7, 11) is 0.555. The van der Waals surface area contributed by atoms with E-state index in [2.05, 4.69) is 10.1 Å². The molecule has 0 aliphatic heterocycles. The Hall–Kier alpha value is -2.91. The number of carbonyl (C=O) groups is 2. The van der Waals surface area contributed by atoms with E-state index in [0.717, 1.165) is 4.31 Å². The second kappa shape index (κ2) is 8.85. The van der Waals surface area contributed by atoms with Crippen LogP contribution in [0, 0.1) is 6.92 Å². The number of aryl methyl sites for hydroxylation is 1. The molecule has 0 radical (unpaired) electrons. The van der Waals surface area contributed by atoms with Gasteiger partial charge in [0.15, 0.2) is 6.61 Å². The Morgan fingerprint density at radius 1 is 1.07 bits per heavy atom. The van der Waals surface area contributed by atoms with Crippen LogP contribution < -0.4 is 10.1 Å². The molecule has 2 aromatic rings. The number of nitrogens with zero attached hydrogens (tertiary/aromatic N) is 1. The van der Waals surface area contributed by atoms with Crippen LogP contribution in [-0.2, 0) is 19.6 Å². The Balaban J connectivity index is 2.03. The molecule has 0 aromatic heterocycles. The molecule has 0 saturated heterocycles. The highest BCUT2D eigenvalue weighted by Gasteiger charge is 2.20. The van der Waals surface area contributed by atoms with E-state index in [4.69, 9.17) is 4.74 Å². The largest absolute Gasteiger partial charge is 0.484 e. The summed E-state index contributed by atoms with van der Waals surface area (Å²) < 4.78 is 35.8. The van der Waals surface area contributed by atoms with E-state index in [1.54, 1.807) is 31.2 Å². The van der Waals surface area contributed by atoms with Crippen molar-refractivity contribution in [3.8, 4) is 5.75 Å². The van der Waals surface area contributed by atoms with Crippen LogP contribution >= 0.6 is 0 Å². The van der Waals surface area contributed by atoms with Crippen molar-refractivity contribution in [1.29, 1.82) is 0 Å². The molecule has 1 amide bonds. The lowest BCUT2D eigenvalue weighted by Gasteiger charge is -2.15. The van der Waals surface area contributed by atoms with Crippen molar-refractivity contribution in [3.63, 3.8) is 0 Å². The van der Waals surface area contributed by atoms with E-state index >= 15 is 0 Å². The molecule has 0 atom stereocenters. The van der Waals surface area contributed by atoms with E-state index < -0.39 is 21.9 Å². The third-order valence-corrected chi connectivity index (χ3v) is 5.83. The topological polar surface area (TPSA) is 102 Å². The molecule has 28 heavy (non-hydrogen) atoms. The molecule has 2 rings (SSSR count). The molecule has 1 N–H and O–H groups in total. The van der Waals surface area contributed by atoms with Crippen molar-refractivity contribution in [3.05, 3.63) is 53.6 Å².